The fraction of sp³-hybridized carbons (Fsp3) is 0.774. The molecule has 2 heterocycles. The maximum absolute atomic E-state index is 12.5. The van der Waals surface area contributed by atoms with Crippen molar-refractivity contribution < 1.29 is 34.1 Å². The third-order valence-corrected chi connectivity index (χ3v) is 12.4. The zero-order chi connectivity index (χ0) is 29.2. The summed E-state index contributed by atoms with van der Waals surface area (Å²) < 4.78 is 10.6. The van der Waals surface area contributed by atoms with Crippen molar-refractivity contribution in [3.63, 3.8) is 0 Å². The molecule has 226 valence electrons. The van der Waals surface area contributed by atoms with E-state index in [-0.39, 0.29) is 59.8 Å². The average molecular weight is 573 g/mol. The van der Waals surface area contributed by atoms with Gasteiger partial charge in [0.2, 0.25) is 5.91 Å². The molecule has 10 heteroatoms. The predicted octanol–water partition coefficient (Wildman–Crippen LogP) is 3.31. The largest absolute Gasteiger partial charge is 0.506 e. The first-order valence-electron chi connectivity index (χ1n) is 15.3. The highest BCUT2D eigenvalue weighted by molar-refractivity contribution is 5.78. The molecular formula is C31H44N2O8. The minimum absolute atomic E-state index is 0.0448. The highest BCUT2D eigenvalue weighted by Gasteiger charge is 2.67. The first kappa shape index (κ1) is 28.7. The Hall–Kier alpha value is -2.43. The summed E-state index contributed by atoms with van der Waals surface area (Å²) in [6.07, 6.45) is 6.92. The third kappa shape index (κ3) is 4.79. The van der Waals surface area contributed by atoms with E-state index in [1.807, 2.05) is 6.07 Å². The molecular weight excluding hydrogens is 528 g/mol. The van der Waals surface area contributed by atoms with Crippen molar-refractivity contribution in [3.05, 3.63) is 34.4 Å². The van der Waals surface area contributed by atoms with Gasteiger partial charge in [0.1, 0.15) is 12.3 Å². The summed E-state index contributed by atoms with van der Waals surface area (Å²) in [6, 6.07) is 3.35. The Labute approximate surface area is 240 Å². The summed E-state index contributed by atoms with van der Waals surface area (Å²) in [5.41, 5.74) is -0.340. The molecule has 1 amide bonds. The fourth-order valence-corrected chi connectivity index (χ4v) is 10.3. The quantitative estimate of drug-likeness (QED) is 0.390. The van der Waals surface area contributed by atoms with Crippen LogP contribution in [0.2, 0.25) is 0 Å². The maximum Gasteiger partial charge on any atom is 0.506 e. The number of nitrogens with one attached hydrogen (secondary N) is 1. The van der Waals surface area contributed by atoms with E-state index in [0.717, 1.165) is 63.4 Å². The summed E-state index contributed by atoms with van der Waals surface area (Å²) in [5, 5.41) is 34.5. The Morgan fingerprint density at radius 1 is 1.12 bits per heavy atom. The van der Waals surface area contributed by atoms with E-state index in [1.165, 1.54) is 6.07 Å². The lowest BCUT2D eigenvalue weighted by atomic mass is 9.42. The molecule has 0 radical (unpaired) electrons. The summed E-state index contributed by atoms with van der Waals surface area (Å²) in [7, 11) is 0. The van der Waals surface area contributed by atoms with Gasteiger partial charge in [0.05, 0.1) is 18.4 Å². The SMILES string of the molecule is C[C@@]12CC[C@H](C(CN3CC(=O)N[C@@H](O)C3)OC(=O)O)CC1CC[C@@H]1[C@@H]2CC[C@]2(C)[C@@H](c3ccc(=O)oc3)CC[C@]12O. The number of nitrogens with zero attached hydrogens (tertiary/aromatic N) is 1. The number of fused-ring (bicyclic) bond motifs is 5. The van der Waals surface area contributed by atoms with Gasteiger partial charge in [0.25, 0.3) is 0 Å². The molecule has 10 atom stereocenters. The molecule has 1 aromatic heterocycles. The molecule has 5 aliphatic rings. The van der Waals surface area contributed by atoms with Crippen LogP contribution in [0.3, 0.4) is 0 Å². The van der Waals surface area contributed by atoms with Crippen LogP contribution in [-0.4, -0.2) is 69.8 Å². The van der Waals surface area contributed by atoms with Crippen LogP contribution in [0.25, 0.3) is 0 Å². The monoisotopic (exact) mass is 572 g/mol. The van der Waals surface area contributed by atoms with Crippen molar-refractivity contribution >= 4 is 12.1 Å². The minimum atomic E-state index is -1.31. The molecule has 4 N–H and O–H groups in total. The Morgan fingerprint density at radius 2 is 1.93 bits per heavy atom. The molecule has 1 aromatic rings. The molecule has 0 spiro atoms. The second-order valence-corrected chi connectivity index (χ2v) is 14.1. The van der Waals surface area contributed by atoms with E-state index >= 15 is 0 Å². The zero-order valence-corrected chi connectivity index (χ0v) is 24.1. The number of hydrogen-bond acceptors (Lipinski definition) is 8. The van der Waals surface area contributed by atoms with Crippen LogP contribution in [-0.2, 0) is 9.53 Å². The van der Waals surface area contributed by atoms with Crippen LogP contribution < -0.4 is 10.9 Å². The smallest absolute Gasteiger partial charge is 0.450 e. The molecule has 1 aliphatic heterocycles. The molecule has 1 saturated heterocycles. The third-order valence-electron chi connectivity index (χ3n) is 12.4. The van der Waals surface area contributed by atoms with E-state index in [0.29, 0.717) is 11.8 Å². The van der Waals surface area contributed by atoms with Gasteiger partial charge in [-0.15, -0.1) is 0 Å². The lowest BCUT2D eigenvalue weighted by Crippen LogP contribution is -2.62. The number of rotatable bonds is 5. The molecule has 4 aliphatic carbocycles. The number of carbonyl (C=O) groups is 2. The number of carbonyl (C=O) groups excluding carboxylic acids is 1. The Kier molecular flexibility index (Phi) is 7.26. The van der Waals surface area contributed by atoms with E-state index < -0.39 is 24.1 Å². The van der Waals surface area contributed by atoms with Gasteiger partial charge in [-0.2, -0.15) is 0 Å². The van der Waals surface area contributed by atoms with Gasteiger partial charge in [-0.3, -0.25) is 9.69 Å². The second-order valence-electron chi connectivity index (χ2n) is 14.1. The van der Waals surface area contributed by atoms with E-state index in [2.05, 4.69) is 19.2 Å². The Bertz CT molecular complexity index is 1220. The summed E-state index contributed by atoms with van der Waals surface area (Å²) in [5.74, 6) is 0.935. The van der Waals surface area contributed by atoms with Crippen LogP contribution in [0.1, 0.15) is 83.1 Å². The Morgan fingerprint density at radius 3 is 2.63 bits per heavy atom. The Balaban J connectivity index is 1.18. The predicted molar refractivity (Wildman–Crippen MR) is 148 cm³/mol. The van der Waals surface area contributed by atoms with Crippen LogP contribution >= 0.6 is 0 Å². The molecule has 41 heavy (non-hydrogen) atoms. The topological polar surface area (TPSA) is 150 Å². The molecule has 2 unspecified atom stereocenters. The van der Waals surface area contributed by atoms with Crippen molar-refractivity contribution in [2.24, 2.45) is 34.5 Å². The lowest BCUT2D eigenvalue weighted by Gasteiger charge is -2.64. The summed E-state index contributed by atoms with van der Waals surface area (Å²) >= 11 is 0. The van der Waals surface area contributed by atoms with E-state index in [4.69, 9.17) is 9.15 Å². The molecule has 5 fully saturated rings. The van der Waals surface area contributed by atoms with Gasteiger partial charge < -0.3 is 29.8 Å². The molecule has 10 nitrogen and oxygen atoms in total. The number of β-amino-alcohol motifs (C(OH)–C–C–N with tert-alkyl or cyclic N) is 1. The van der Waals surface area contributed by atoms with Crippen molar-refractivity contribution in [2.45, 2.75) is 95.5 Å². The fourth-order valence-electron chi connectivity index (χ4n) is 10.3. The standard InChI is InChI=1S/C31H44N2O8/c1-29-10-7-18(24(41-28(37)38)14-33-15-25(34)32-26(35)16-33)13-20(29)4-5-23-22(29)8-11-30(2)21(9-12-31(23,30)39)19-3-6-27(36)40-17-19/h3,6,17-18,20-25,34,39H,4-5,7-16H2,1-2H3,(H,32,35)(H,37,38)/t18-,20?,21+,22-,23+,24?,25-,29+,30+,31-/m0/s1. The molecule has 6 rings (SSSR count). The number of piperazine rings is 1. The first-order valence-corrected chi connectivity index (χ1v) is 15.3. The normalized spacial score (nSPS) is 43.3. The van der Waals surface area contributed by atoms with Crippen molar-refractivity contribution in [1.82, 2.24) is 10.2 Å². The summed E-state index contributed by atoms with van der Waals surface area (Å²) in [6.45, 7) is 5.28. The molecule has 0 bridgehead atoms. The maximum atomic E-state index is 12.5. The molecule has 4 saturated carbocycles. The molecule has 0 aromatic carbocycles. The number of aliphatic hydroxyl groups excluding tert-OH is 1. The van der Waals surface area contributed by atoms with Crippen molar-refractivity contribution in [1.29, 1.82) is 0 Å². The van der Waals surface area contributed by atoms with Crippen LogP contribution in [0.15, 0.2) is 27.6 Å². The van der Waals surface area contributed by atoms with Crippen LogP contribution in [0, 0.1) is 34.5 Å². The number of ether oxygens (including phenoxy) is 1. The van der Waals surface area contributed by atoms with Gasteiger partial charge in [-0.1, -0.05) is 13.8 Å². The lowest BCUT2D eigenvalue weighted by molar-refractivity contribution is -0.205. The highest BCUT2D eigenvalue weighted by Crippen LogP contribution is 2.70. The summed E-state index contributed by atoms with van der Waals surface area (Å²) in [4.78, 5) is 37.0. The van der Waals surface area contributed by atoms with Gasteiger partial charge in [0, 0.05) is 24.6 Å². The van der Waals surface area contributed by atoms with Crippen LogP contribution in [0.5, 0.6) is 0 Å². The first-order chi connectivity index (χ1) is 19.4. The van der Waals surface area contributed by atoms with Gasteiger partial charge >= 0.3 is 11.8 Å². The zero-order valence-electron chi connectivity index (χ0n) is 24.1. The van der Waals surface area contributed by atoms with E-state index in [9.17, 15) is 29.7 Å². The van der Waals surface area contributed by atoms with Crippen molar-refractivity contribution in [2.75, 3.05) is 19.6 Å². The number of hydrogen-bond donors (Lipinski definition) is 4. The number of aliphatic hydroxyl groups is 2. The average Bonchev–Trinajstić information content (AvgIpc) is 3.18. The van der Waals surface area contributed by atoms with Crippen LogP contribution in [0.4, 0.5) is 4.79 Å². The highest BCUT2D eigenvalue weighted by atomic mass is 16.7. The van der Waals surface area contributed by atoms with E-state index in [1.54, 1.807) is 11.2 Å². The van der Waals surface area contributed by atoms with Gasteiger partial charge in [0.15, 0.2) is 0 Å². The van der Waals surface area contributed by atoms with Gasteiger partial charge in [-0.05, 0) is 104 Å². The van der Waals surface area contributed by atoms with Crippen molar-refractivity contribution in [3.8, 4) is 0 Å². The second kappa shape index (κ2) is 10.4. The minimum Gasteiger partial charge on any atom is -0.450 e. The van der Waals surface area contributed by atoms with Gasteiger partial charge in [-0.25, -0.2) is 9.59 Å². The number of carboxylic acid groups (broad SMARTS) is 1. The number of amides is 1.